The Labute approximate surface area is 125 Å². The molecule has 0 radical (unpaired) electrons. The molecule has 116 valence electrons. The van der Waals surface area contributed by atoms with E-state index in [2.05, 4.69) is 4.72 Å². The average Bonchev–Trinajstić information content (AvgIpc) is 2.47. The normalized spacial score (nSPS) is 21.9. The number of carboxylic acids is 1. The Kier molecular flexibility index (Phi) is 4.97. The molecule has 1 saturated heterocycles. The van der Waals surface area contributed by atoms with Crippen LogP contribution in [-0.4, -0.2) is 36.4 Å². The molecule has 1 aliphatic rings. The smallest absolute Gasteiger partial charge is 0.322 e. The van der Waals surface area contributed by atoms with Crippen LogP contribution in [0.4, 0.5) is 0 Å². The van der Waals surface area contributed by atoms with E-state index in [4.69, 9.17) is 0 Å². The first kappa shape index (κ1) is 15.9. The van der Waals surface area contributed by atoms with Crippen molar-refractivity contribution in [1.29, 1.82) is 0 Å². The number of carbonyl (C=O) groups is 1. The molecule has 0 aliphatic carbocycles. The van der Waals surface area contributed by atoms with Gasteiger partial charge in [0.2, 0.25) is 0 Å². The number of nitrogens with zero attached hydrogens (tertiary/aromatic N) is 1. The van der Waals surface area contributed by atoms with Gasteiger partial charge >= 0.3 is 5.97 Å². The summed E-state index contributed by atoms with van der Waals surface area (Å²) >= 11 is 0. The van der Waals surface area contributed by atoms with Gasteiger partial charge in [0.1, 0.15) is 6.04 Å². The van der Waals surface area contributed by atoms with Gasteiger partial charge in [0.25, 0.3) is 10.2 Å². The van der Waals surface area contributed by atoms with Gasteiger partial charge in [-0.25, -0.2) is 0 Å². The van der Waals surface area contributed by atoms with Gasteiger partial charge in [-0.3, -0.25) is 4.79 Å². The number of nitrogens with one attached hydrogen (secondary N) is 1. The maximum absolute atomic E-state index is 12.4. The molecule has 1 aliphatic heterocycles. The van der Waals surface area contributed by atoms with E-state index in [1.54, 1.807) is 6.92 Å². The van der Waals surface area contributed by atoms with Crippen LogP contribution in [0.15, 0.2) is 30.3 Å². The molecule has 21 heavy (non-hydrogen) atoms. The molecule has 0 amide bonds. The number of carboxylic acid groups (broad SMARTS) is 1. The predicted molar refractivity (Wildman–Crippen MR) is 78.9 cm³/mol. The Hall–Kier alpha value is -1.44. The van der Waals surface area contributed by atoms with Crippen molar-refractivity contribution in [2.45, 2.75) is 38.3 Å². The molecule has 2 atom stereocenters. The number of hydrogen-bond donors (Lipinski definition) is 2. The molecular weight excluding hydrogens is 292 g/mol. The van der Waals surface area contributed by atoms with Crippen molar-refractivity contribution in [3.63, 3.8) is 0 Å². The molecule has 0 saturated carbocycles. The molecule has 6 nitrogen and oxygen atoms in total. The van der Waals surface area contributed by atoms with E-state index in [1.165, 1.54) is 0 Å². The highest BCUT2D eigenvalue weighted by Crippen LogP contribution is 2.22. The van der Waals surface area contributed by atoms with Crippen molar-refractivity contribution < 1.29 is 18.3 Å². The minimum atomic E-state index is -3.82. The van der Waals surface area contributed by atoms with Crippen LogP contribution in [0.3, 0.4) is 0 Å². The molecule has 1 unspecified atom stereocenters. The molecule has 1 heterocycles. The van der Waals surface area contributed by atoms with Gasteiger partial charge in [0.15, 0.2) is 0 Å². The predicted octanol–water partition coefficient (Wildman–Crippen LogP) is 1.52. The first-order valence-corrected chi connectivity index (χ1v) is 8.42. The Morgan fingerprint density at radius 3 is 2.62 bits per heavy atom. The number of rotatable bonds is 5. The Bertz CT molecular complexity index is 588. The summed E-state index contributed by atoms with van der Waals surface area (Å²) in [6.45, 7) is 1.99. The van der Waals surface area contributed by atoms with E-state index >= 15 is 0 Å². The topological polar surface area (TPSA) is 86.7 Å². The van der Waals surface area contributed by atoms with Gasteiger partial charge in [0.05, 0.1) is 0 Å². The van der Waals surface area contributed by atoms with Gasteiger partial charge in [0, 0.05) is 12.6 Å². The molecule has 1 aromatic rings. The van der Waals surface area contributed by atoms with Crippen LogP contribution < -0.4 is 4.72 Å². The first-order valence-electron chi connectivity index (χ1n) is 6.98. The third-order valence-electron chi connectivity index (χ3n) is 3.67. The Morgan fingerprint density at radius 2 is 2.00 bits per heavy atom. The molecule has 2 N–H and O–H groups in total. The van der Waals surface area contributed by atoms with Crippen LogP contribution in [0, 0.1) is 0 Å². The van der Waals surface area contributed by atoms with E-state index in [-0.39, 0.29) is 6.54 Å². The summed E-state index contributed by atoms with van der Waals surface area (Å²) in [5.74, 6) is -1.09. The van der Waals surface area contributed by atoms with Crippen molar-refractivity contribution in [2.75, 3.05) is 6.54 Å². The van der Waals surface area contributed by atoms with Gasteiger partial charge in [-0.05, 0) is 31.7 Å². The second kappa shape index (κ2) is 6.55. The van der Waals surface area contributed by atoms with Crippen molar-refractivity contribution in [3.05, 3.63) is 35.9 Å². The fourth-order valence-corrected chi connectivity index (χ4v) is 4.16. The monoisotopic (exact) mass is 312 g/mol. The minimum Gasteiger partial charge on any atom is -0.480 e. The van der Waals surface area contributed by atoms with Gasteiger partial charge < -0.3 is 5.11 Å². The lowest BCUT2D eigenvalue weighted by molar-refractivity contribution is -0.142. The van der Waals surface area contributed by atoms with Crippen molar-refractivity contribution in [2.24, 2.45) is 0 Å². The lowest BCUT2D eigenvalue weighted by Crippen LogP contribution is -2.52. The number of benzene rings is 1. The molecule has 2 rings (SSSR count). The highest BCUT2D eigenvalue weighted by Gasteiger charge is 2.37. The van der Waals surface area contributed by atoms with Gasteiger partial charge in [-0.15, -0.1) is 0 Å². The molecule has 0 aromatic heterocycles. The van der Waals surface area contributed by atoms with E-state index in [0.717, 1.165) is 16.3 Å². The maximum Gasteiger partial charge on any atom is 0.322 e. The molecule has 1 aromatic carbocycles. The number of piperidine rings is 1. The Morgan fingerprint density at radius 1 is 1.33 bits per heavy atom. The fraction of sp³-hybridized carbons (Fsp3) is 0.500. The summed E-state index contributed by atoms with van der Waals surface area (Å²) in [6.07, 6.45) is 1.78. The lowest BCUT2D eigenvalue weighted by Gasteiger charge is -2.32. The van der Waals surface area contributed by atoms with Crippen LogP contribution in [-0.2, 0) is 15.0 Å². The summed E-state index contributed by atoms with van der Waals surface area (Å²) in [5.41, 5.74) is 0.838. The quantitative estimate of drug-likeness (QED) is 0.863. The summed E-state index contributed by atoms with van der Waals surface area (Å²) in [5, 5.41) is 9.19. The third-order valence-corrected chi connectivity index (χ3v) is 5.38. The third kappa shape index (κ3) is 3.81. The molecule has 0 spiro atoms. The number of hydrogen-bond acceptors (Lipinski definition) is 3. The molecule has 7 heteroatoms. The summed E-state index contributed by atoms with van der Waals surface area (Å²) in [7, 11) is -3.82. The minimum absolute atomic E-state index is 0.244. The average molecular weight is 312 g/mol. The highest BCUT2D eigenvalue weighted by atomic mass is 32.2. The zero-order chi connectivity index (χ0) is 15.5. The van der Waals surface area contributed by atoms with Crippen LogP contribution in [0.2, 0.25) is 0 Å². The van der Waals surface area contributed by atoms with Crippen LogP contribution >= 0.6 is 0 Å². The van der Waals surface area contributed by atoms with Gasteiger partial charge in [-0.1, -0.05) is 30.3 Å². The SMILES string of the molecule is C[C@H](NS(=O)(=O)N1CCCCC1C(=O)O)c1ccccc1. The second-order valence-corrected chi connectivity index (χ2v) is 6.87. The zero-order valence-corrected chi connectivity index (χ0v) is 12.7. The van der Waals surface area contributed by atoms with E-state index in [0.29, 0.717) is 12.8 Å². The lowest BCUT2D eigenvalue weighted by atomic mass is 10.1. The maximum atomic E-state index is 12.4. The largest absolute Gasteiger partial charge is 0.480 e. The van der Waals surface area contributed by atoms with E-state index in [9.17, 15) is 18.3 Å². The van der Waals surface area contributed by atoms with E-state index in [1.807, 2.05) is 30.3 Å². The van der Waals surface area contributed by atoms with Crippen LogP contribution in [0.1, 0.15) is 37.8 Å². The second-order valence-electron chi connectivity index (χ2n) is 5.22. The highest BCUT2D eigenvalue weighted by molar-refractivity contribution is 7.87. The Balaban J connectivity index is 2.15. The molecular formula is C14H20N2O4S. The zero-order valence-electron chi connectivity index (χ0n) is 11.9. The summed E-state index contributed by atoms with van der Waals surface area (Å²) in [4.78, 5) is 11.2. The van der Waals surface area contributed by atoms with Crippen molar-refractivity contribution >= 4 is 16.2 Å². The first-order chi connectivity index (χ1) is 9.92. The van der Waals surface area contributed by atoms with Crippen LogP contribution in [0.25, 0.3) is 0 Å². The summed E-state index contributed by atoms with van der Waals surface area (Å²) in [6, 6.07) is 7.81. The standard InChI is InChI=1S/C14H20N2O4S/c1-11(12-7-3-2-4-8-12)15-21(19,20)16-10-6-5-9-13(16)14(17)18/h2-4,7-8,11,13,15H,5-6,9-10H2,1H3,(H,17,18)/t11-,13?/m0/s1. The van der Waals surface area contributed by atoms with E-state index < -0.39 is 28.3 Å². The molecule has 1 fully saturated rings. The van der Waals surface area contributed by atoms with Crippen molar-refractivity contribution in [1.82, 2.24) is 9.03 Å². The molecule has 0 bridgehead atoms. The summed E-state index contributed by atoms with van der Waals surface area (Å²) < 4.78 is 28.5. The van der Waals surface area contributed by atoms with Gasteiger partial charge in [-0.2, -0.15) is 17.4 Å². The van der Waals surface area contributed by atoms with Crippen LogP contribution in [0.5, 0.6) is 0 Å². The number of aliphatic carboxylic acids is 1. The fourth-order valence-electron chi connectivity index (χ4n) is 2.54. The van der Waals surface area contributed by atoms with Crippen molar-refractivity contribution in [3.8, 4) is 0 Å².